The number of amides is 3. The monoisotopic (exact) mass is 748 g/mol. The molecule has 14 nitrogen and oxygen atoms in total. The second-order valence-corrected chi connectivity index (χ2v) is 12.8. The molecule has 278 valence electrons. The standard InChI is InChI=1S/C35H36F2N2O12S/c1-47-23-14-19-17-38(27(41)7-8-30(44)45)18-21(19)33(37)34(23)50-11-3-12-51-35-24(48-2)16-25-20(32(35)36)15-26(52-25)22(40)4-9-31(46)49-13-10-39-28(42)5-6-29(39)43/h14-16H,3-13,17-18H2,1-2H3,(H,44,45)/i5T. The fourth-order valence-electron chi connectivity index (χ4n) is 5.64. The van der Waals surface area contributed by atoms with E-state index in [4.69, 9.17) is 30.2 Å². The van der Waals surface area contributed by atoms with Crippen LogP contribution in [0.3, 0.4) is 0 Å². The molecule has 1 N–H and O–H groups in total. The van der Waals surface area contributed by atoms with E-state index in [0.29, 0.717) is 10.3 Å². The number of Topliss-reactive ketones (excluding diaryl/α,β-unsaturated/α-hetero) is 1. The SMILES string of the molecule is [3H]C1CC(=O)N(CCOC(=O)CCC(=O)c2cc3c(F)c(OCCCOc4c(OC)cc5c(c4F)CN(C(=O)CCC(=O)O)C5)c(OC)cc3s2)C1=O. The third kappa shape index (κ3) is 8.58. The summed E-state index contributed by atoms with van der Waals surface area (Å²) < 4.78 is 66.2. The Kier molecular flexibility index (Phi) is 11.8. The van der Waals surface area contributed by atoms with E-state index in [2.05, 4.69) is 0 Å². The number of hydrogen-bond acceptors (Lipinski definition) is 12. The van der Waals surface area contributed by atoms with Gasteiger partial charge < -0.3 is 33.7 Å². The lowest BCUT2D eigenvalue weighted by atomic mass is 10.1. The summed E-state index contributed by atoms with van der Waals surface area (Å²) in [7, 11) is 2.67. The maximum Gasteiger partial charge on any atom is 0.306 e. The first-order valence-electron chi connectivity index (χ1n) is 16.8. The lowest BCUT2D eigenvalue weighted by Gasteiger charge is -2.15. The molecule has 1 saturated heterocycles. The van der Waals surface area contributed by atoms with Gasteiger partial charge in [-0.1, -0.05) is 0 Å². The van der Waals surface area contributed by atoms with Crippen molar-refractivity contribution < 1.29 is 67.7 Å². The van der Waals surface area contributed by atoms with Crippen molar-refractivity contribution in [2.45, 2.75) is 58.0 Å². The number of halogens is 2. The van der Waals surface area contributed by atoms with E-state index in [-0.39, 0.29) is 117 Å². The van der Waals surface area contributed by atoms with Crippen LogP contribution in [0.4, 0.5) is 8.78 Å². The molecule has 1 aromatic heterocycles. The van der Waals surface area contributed by atoms with Crippen molar-refractivity contribution in [2.75, 3.05) is 40.6 Å². The van der Waals surface area contributed by atoms with Gasteiger partial charge >= 0.3 is 11.9 Å². The van der Waals surface area contributed by atoms with Crippen LogP contribution in [0.15, 0.2) is 18.2 Å². The second kappa shape index (κ2) is 16.8. The number of ether oxygens (including phenoxy) is 5. The highest BCUT2D eigenvalue weighted by Crippen LogP contribution is 2.41. The first kappa shape index (κ1) is 36.5. The number of carbonyl (C=O) groups is 6. The van der Waals surface area contributed by atoms with Gasteiger partial charge in [0.15, 0.2) is 40.4 Å². The van der Waals surface area contributed by atoms with Crippen molar-refractivity contribution >= 4 is 56.9 Å². The normalized spacial score (nSPS) is 15.5. The minimum atomic E-state index is -1.15. The predicted octanol–water partition coefficient (Wildman–Crippen LogP) is 4.41. The van der Waals surface area contributed by atoms with Crippen LogP contribution in [0, 0.1) is 11.6 Å². The predicted molar refractivity (Wildman–Crippen MR) is 178 cm³/mol. The number of fused-ring (bicyclic) bond motifs is 2. The minimum Gasteiger partial charge on any atom is -0.493 e. The maximum absolute atomic E-state index is 15.7. The van der Waals surface area contributed by atoms with Crippen LogP contribution in [0.1, 0.15) is 67.1 Å². The van der Waals surface area contributed by atoms with E-state index >= 15 is 8.78 Å². The fourth-order valence-corrected chi connectivity index (χ4v) is 6.69. The zero-order valence-corrected chi connectivity index (χ0v) is 29.1. The molecule has 2 aliphatic heterocycles. The van der Waals surface area contributed by atoms with Gasteiger partial charge in [0, 0.05) is 68.3 Å². The van der Waals surface area contributed by atoms with Crippen molar-refractivity contribution in [1.82, 2.24) is 9.80 Å². The van der Waals surface area contributed by atoms with Crippen LogP contribution in [-0.2, 0) is 41.8 Å². The Hall–Kier alpha value is -5.32. The summed E-state index contributed by atoms with van der Waals surface area (Å²) in [6.07, 6.45) is -2.25. The lowest BCUT2D eigenvalue weighted by Crippen LogP contribution is -2.32. The van der Waals surface area contributed by atoms with E-state index < -0.39 is 53.5 Å². The van der Waals surface area contributed by atoms with Gasteiger partial charge in [-0.3, -0.25) is 33.7 Å². The summed E-state index contributed by atoms with van der Waals surface area (Å²) in [4.78, 5) is 74.3. The highest BCUT2D eigenvalue weighted by Gasteiger charge is 2.31. The number of ketones is 1. The highest BCUT2D eigenvalue weighted by atomic mass is 32.1. The molecule has 17 heteroatoms. The molecule has 0 bridgehead atoms. The van der Waals surface area contributed by atoms with Crippen LogP contribution < -0.4 is 18.9 Å². The Morgan fingerprint density at radius 1 is 0.885 bits per heavy atom. The number of esters is 1. The van der Waals surface area contributed by atoms with Gasteiger partial charge in [-0.2, -0.15) is 0 Å². The zero-order chi connectivity index (χ0) is 38.4. The number of nitrogens with zero attached hydrogens (tertiary/aromatic N) is 2. The van der Waals surface area contributed by atoms with Gasteiger partial charge in [-0.05, 0) is 17.7 Å². The first-order valence-corrected chi connectivity index (χ1v) is 17.0. The number of methoxy groups -OCH3 is 2. The maximum atomic E-state index is 15.7. The number of carboxylic acid groups (broad SMARTS) is 1. The molecule has 1 atom stereocenters. The molecule has 3 aromatic rings. The average molecular weight is 749 g/mol. The first-order chi connectivity index (χ1) is 25.3. The molecule has 3 amide bonds. The Balaban J connectivity index is 1.13. The number of hydrogen-bond donors (Lipinski definition) is 1. The number of likely N-dealkylation sites (tertiary alicyclic amines) is 1. The number of benzene rings is 2. The molecule has 0 aliphatic carbocycles. The number of thiophene rings is 1. The number of imide groups is 1. The van der Waals surface area contributed by atoms with E-state index in [0.717, 1.165) is 16.2 Å². The lowest BCUT2D eigenvalue weighted by molar-refractivity contribution is -0.147. The summed E-state index contributed by atoms with van der Waals surface area (Å²) in [6.45, 7) is -0.507. The Labute approximate surface area is 301 Å². The highest BCUT2D eigenvalue weighted by molar-refractivity contribution is 7.20. The molecule has 0 saturated carbocycles. The quantitative estimate of drug-likeness (QED) is 0.0842. The Bertz CT molecular complexity index is 1950. The number of carbonyl (C=O) groups excluding carboxylic acids is 5. The van der Waals surface area contributed by atoms with Crippen molar-refractivity contribution in [2.24, 2.45) is 0 Å². The van der Waals surface area contributed by atoms with Crippen LogP contribution >= 0.6 is 11.3 Å². The van der Waals surface area contributed by atoms with E-state index in [1.807, 2.05) is 0 Å². The summed E-state index contributed by atoms with van der Waals surface area (Å²) in [6, 6.07) is 4.43. The Morgan fingerprint density at radius 2 is 1.58 bits per heavy atom. The largest absolute Gasteiger partial charge is 0.493 e. The Morgan fingerprint density at radius 3 is 2.23 bits per heavy atom. The van der Waals surface area contributed by atoms with Crippen molar-refractivity contribution in [1.29, 1.82) is 0 Å². The molecular formula is C35H36F2N2O12S. The zero-order valence-electron chi connectivity index (χ0n) is 29.3. The van der Waals surface area contributed by atoms with Crippen molar-refractivity contribution in [3.8, 4) is 23.0 Å². The van der Waals surface area contributed by atoms with Crippen LogP contribution in [0.25, 0.3) is 10.1 Å². The number of rotatable bonds is 18. The van der Waals surface area contributed by atoms with Gasteiger partial charge in [0.05, 0.1) is 51.7 Å². The van der Waals surface area contributed by atoms with E-state index in [1.165, 1.54) is 31.3 Å². The summed E-state index contributed by atoms with van der Waals surface area (Å²) in [5, 5.41) is 8.96. The summed E-state index contributed by atoms with van der Waals surface area (Å²) >= 11 is 1.00. The molecule has 1 fully saturated rings. The molecule has 0 radical (unpaired) electrons. The minimum absolute atomic E-state index is 0.0468. The third-order valence-corrected chi connectivity index (χ3v) is 9.45. The van der Waals surface area contributed by atoms with Gasteiger partial charge in [0.25, 0.3) is 0 Å². The number of aliphatic carboxylic acids is 1. The number of carboxylic acids is 1. The summed E-state index contributed by atoms with van der Waals surface area (Å²) in [5.74, 6) is -5.52. The van der Waals surface area contributed by atoms with Crippen molar-refractivity contribution in [3.63, 3.8) is 0 Å². The van der Waals surface area contributed by atoms with Crippen LogP contribution in [0.5, 0.6) is 23.0 Å². The van der Waals surface area contributed by atoms with E-state index in [9.17, 15) is 28.8 Å². The van der Waals surface area contributed by atoms with Gasteiger partial charge in [0.2, 0.25) is 17.7 Å². The molecule has 2 aliphatic rings. The topological polar surface area (TPSA) is 175 Å². The third-order valence-electron chi connectivity index (χ3n) is 8.33. The molecule has 2 aromatic carbocycles. The van der Waals surface area contributed by atoms with Crippen LogP contribution in [0.2, 0.25) is 0 Å². The molecule has 52 heavy (non-hydrogen) atoms. The fraction of sp³-hybridized carbons (Fsp3) is 0.429. The van der Waals surface area contributed by atoms with Gasteiger partial charge in [0.1, 0.15) is 6.61 Å². The summed E-state index contributed by atoms with van der Waals surface area (Å²) in [5.41, 5.74) is 0.758. The van der Waals surface area contributed by atoms with Gasteiger partial charge in [-0.25, -0.2) is 8.78 Å². The van der Waals surface area contributed by atoms with E-state index in [1.54, 1.807) is 6.07 Å². The average Bonchev–Trinajstić information content (AvgIpc) is 3.83. The second-order valence-electron chi connectivity index (χ2n) is 11.7. The van der Waals surface area contributed by atoms with Gasteiger partial charge in [-0.15, -0.1) is 11.3 Å². The molecule has 5 rings (SSSR count). The smallest absolute Gasteiger partial charge is 0.306 e. The molecular weight excluding hydrogens is 710 g/mol. The molecule has 0 spiro atoms. The van der Waals surface area contributed by atoms with Crippen molar-refractivity contribution in [3.05, 3.63) is 45.8 Å². The molecule has 1 unspecified atom stereocenters. The van der Waals surface area contributed by atoms with Crippen LogP contribution in [-0.4, -0.2) is 90.9 Å². The molecule has 3 heterocycles.